The normalized spacial score (nSPS) is 12.6. The van der Waals surface area contributed by atoms with Crippen molar-refractivity contribution >= 4 is 29.4 Å². The van der Waals surface area contributed by atoms with Crippen LogP contribution in [-0.4, -0.2) is 45.1 Å². The van der Waals surface area contributed by atoms with Gasteiger partial charge in [-0.05, 0) is 36.4 Å². The molecule has 2 aromatic carbocycles. The molecule has 0 radical (unpaired) electrons. The Morgan fingerprint density at radius 2 is 1.97 bits per heavy atom. The summed E-state index contributed by atoms with van der Waals surface area (Å²) in [7, 11) is 3.05. The van der Waals surface area contributed by atoms with Crippen molar-refractivity contribution < 1.29 is 33.3 Å². The highest BCUT2D eigenvalue weighted by Crippen LogP contribution is 2.28. The van der Waals surface area contributed by atoms with Crippen LogP contribution < -0.4 is 19.5 Å². The second kappa shape index (κ2) is 8.92. The zero-order valence-electron chi connectivity index (χ0n) is 15.9. The van der Waals surface area contributed by atoms with E-state index in [0.29, 0.717) is 34.1 Å². The minimum Gasteiger partial charge on any atom is -0.497 e. The number of anilines is 1. The Bertz CT molecular complexity index is 981. The van der Waals surface area contributed by atoms with Crippen molar-refractivity contribution in [3.05, 3.63) is 53.6 Å². The van der Waals surface area contributed by atoms with Gasteiger partial charge in [0.2, 0.25) is 0 Å². The van der Waals surface area contributed by atoms with E-state index in [9.17, 15) is 14.4 Å². The van der Waals surface area contributed by atoms with Gasteiger partial charge in [-0.3, -0.25) is 9.59 Å². The Kier molecular flexibility index (Phi) is 6.13. The van der Waals surface area contributed by atoms with E-state index in [1.54, 1.807) is 37.4 Å². The third-order valence-corrected chi connectivity index (χ3v) is 4.12. The molecule has 0 atom stereocenters. The monoisotopic (exact) mass is 397 g/mol. The zero-order chi connectivity index (χ0) is 20.8. The van der Waals surface area contributed by atoms with Gasteiger partial charge >= 0.3 is 5.97 Å². The van der Waals surface area contributed by atoms with Gasteiger partial charge in [0.05, 0.1) is 19.9 Å². The molecule has 1 N–H and O–H groups in total. The predicted octanol–water partition coefficient (Wildman–Crippen LogP) is 2.47. The molecule has 1 amide bonds. The van der Waals surface area contributed by atoms with E-state index in [0.717, 1.165) is 0 Å². The van der Waals surface area contributed by atoms with Crippen LogP contribution in [0.5, 0.6) is 17.2 Å². The summed E-state index contributed by atoms with van der Waals surface area (Å²) in [6.07, 6.45) is 2.73. The first kappa shape index (κ1) is 19.9. The standard InChI is InChI=1S/C21H19NO7/c1-26-15-6-3-13(19(10-15)27-2)5-8-21(25)29-11-17(23)14-4-7-18-16(9-14)22-20(24)12-28-18/h3-10H,11-12H2,1-2H3,(H,22,24)/b8-5+. The van der Waals surface area contributed by atoms with E-state index in [2.05, 4.69) is 5.32 Å². The van der Waals surface area contributed by atoms with E-state index >= 15 is 0 Å². The van der Waals surface area contributed by atoms with E-state index in [4.69, 9.17) is 18.9 Å². The molecular weight excluding hydrogens is 378 g/mol. The first-order valence-corrected chi connectivity index (χ1v) is 8.67. The molecule has 8 heteroatoms. The predicted molar refractivity (Wildman–Crippen MR) is 104 cm³/mol. The molecule has 0 spiro atoms. The molecule has 0 aliphatic carbocycles. The van der Waals surface area contributed by atoms with Gasteiger partial charge < -0.3 is 24.3 Å². The summed E-state index contributed by atoms with van der Waals surface area (Å²) >= 11 is 0. The van der Waals surface area contributed by atoms with Gasteiger partial charge in [0.25, 0.3) is 5.91 Å². The Labute approximate surface area is 167 Å². The SMILES string of the molecule is COc1ccc(/C=C/C(=O)OCC(=O)c2ccc3c(c2)NC(=O)CO3)c(OC)c1. The van der Waals surface area contributed by atoms with Gasteiger partial charge in [-0.15, -0.1) is 0 Å². The van der Waals surface area contributed by atoms with Crippen LogP contribution in [0.15, 0.2) is 42.5 Å². The molecular formula is C21H19NO7. The molecule has 0 bridgehead atoms. The highest BCUT2D eigenvalue weighted by atomic mass is 16.5. The number of ketones is 1. The number of hydrogen-bond donors (Lipinski definition) is 1. The average Bonchev–Trinajstić information content (AvgIpc) is 2.75. The number of benzene rings is 2. The van der Waals surface area contributed by atoms with Crippen molar-refractivity contribution in [2.45, 2.75) is 0 Å². The lowest BCUT2D eigenvalue weighted by Gasteiger charge is -2.18. The van der Waals surface area contributed by atoms with Crippen LogP contribution in [0.4, 0.5) is 5.69 Å². The van der Waals surface area contributed by atoms with Crippen LogP contribution in [0, 0.1) is 0 Å². The molecule has 0 saturated heterocycles. The summed E-state index contributed by atoms with van der Waals surface area (Å²) in [6, 6.07) is 9.77. The lowest BCUT2D eigenvalue weighted by Crippen LogP contribution is -2.25. The summed E-state index contributed by atoms with van der Waals surface area (Å²) in [4.78, 5) is 35.6. The van der Waals surface area contributed by atoms with Crippen molar-refractivity contribution in [1.82, 2.24) is 0 Å². The second-order valence-corrected chi connectivity index (χ2v) is 6.02. The quantitative estimate of drug-likeness (QED) is 0.435. The maximum atomic E-state index is 12.3. The van der Waals surface area contributed by atoms with Crippen LogP contribution in [0.1, 0.15) is 15.9 Å². The number of ether oxygens (including phenoxy) is 4. The van der Waals surface area contributed by atoms with E-state index in [1.165, 1.54) is 25.3 Å². The molecule has 3 rings (SSSR count). The molecule has 1 aliphatic heterocycles. The molecule has 2 aromatic rings. The fourth-order valence-corrected chi connectivity index (χ4v) is 2.64. The maximum absolute atomic E-state index is 12.3. The van der Waals surface area contributed by atoms with Crippen molar-refractivity contribution in [2.24, 2.45) is 0 Å². The number of methoxy groups -OCH3 is 2. The number of carbonyl (C=O) groups excluding carboxylic acids is 3. The van der Waals surface area contributed by atoms with Gasteiger partial charge in [0.15, 0.2) is 19.0 Å². The highest BCUT2D eigenvalue weighted by Gasteiger charge is 2.18. The third kappa shape index (κ3) is 4.92. The Balaban J connectivity index is 1.59. The van der Waals surface area contributed by atoms with Crippen LogP contribution in [0.25, 0.3) is 6.08 Å². The molecule has 150 valence electrons. The van der Waals surface area contributed by atoms with E-state index < -0.39 is 18.4 Å². The van der Waals surface area contributed by atoms with Gasteiger partial charge in [-0.25, -0.2) is 4.79 Å². The number of esters is 1. The minimum atomic E-state index is -0.675. The summed E-state index contributed by atoms with van der Waals surface area (Å²) in [5.41, 5.74) is 1.36. The van der Waals surface area contributed by atoms with Gasteiger partial charge in [-0.2, -0.15) is 0 Å². The first-order valence-electron chi connectivity index (χ1n) is 8.67. The zero-order valence-corrected chi connectivity index (χ0v) is 15.9. The Hall–Kier alpha value is -3.81. The molecule has 0 fully saturated rings. The third-order valence-electron chi connectivity index (χ3n) is 4.12. The van der Waals surface area contributed by atoms with Crippen molar-refractivity contribution in [1.29, 1.82) is 0 Å². The molecule has 1 aliphatic rings. The Morgan fingerprint density at radius 1 is 1.14 bits per heavy atom. The van der Waals surface area contributed by atoms with Crippen LogP contribution in [0.2, 0.25) is 0 Å². The molecule has 0 unspecified atom stereocenters. The molecule has 0 saturated carbocycles. The smallest absolute Gasteiger partial charge is 0.331 e. The number of Topliss-reactive ketones (excluding diaryl/α,β-unsaturated/α-hetero) is 1. The summed E-state index contributed by atoms with van der Waals surface area (Å²) in [6.45, 7) is -0.500. The molecule has 1 heterocycles. The van der Waals surface area contributed by atoms with Gasteiger partial charge in [0.1, 0.15) is 17.2 Å². The van der Waals surface area contributed by atoms with Crippen molar-refractivity contribution in [2.75, 3.05) is 32.8 Å². The van der Waals surface area contributed by atoms with Crippen molar-refractivity contribution in [3.63, 3.8) is 0 Å². The minimum absolute atomic E-state index is 0.0662. The fourth-order valence-electron chi connectivity index (χ4n) is 2.64. The molecule has 0 aromatic heterocycles. The summed E-state index contributed by atoms with van der Waals surface area (Å²) < 4.78 is 20.6. The number of carbonyl (C=O) groups is 3. The number of hydrogen-bond acceptors (Lipinski definition) is 7. The largest absolute Gasteiger partial charge is 0.497 e. The average molecular weight is 397 g/mol. The van der Waals surface area contributed by atoms with E-state index in [-0.39, 0.29) is 12.5 Å². The second-order valence-electron chi connectivity index (χ2n) is 6.02. The Morgan fingerprint density at radius 3 is 2.72 bits per heavy atom. The van der Waals surface area contributed by atoms with Gasteiger partial charge in [0, 0.05) is 23.3 Å². The summed E-state index contributed by atoms with van der Waals surface area (Å²) in [5, 5.41) is 2.62. The van der Waals surface area contributed by atoms with Gasteiger partial charge in [-0.1, -0.05) is 0 Å². The fraction of sp³-hybridized carbons (Fsp3) is 0.190. The first-order chi connectivity index (χ1) is 14.0. The topological polar surface area (TPSA) is 100 Å². The maximum Gasteiger partial charge on any atom is 0.331 e. The van der Waals surface area contributed by atoms with Crippen LogP contribution in [0.3, 0.4) is 0 Å². The van der Waals surface area contributed by atoms with E-state index in [1.807, 2.05) is 0 Å². The number of nitrogens with one attached hydrogen (secondary N) is 1. The highest BCUT2D eigenvalue weighted by molar-refractivity contribution is 6.02. The van der Waals surface area contributed by atoms with Crippen LogP contribution >= 0.6 is 0 Å². The van der Waals surface area contributed by atoms with Crippen LogP contribution in [-0.2, 0) is 14.3 Å². The molecule has 8 nitrogen and oxygen atoms in total. The lowest BCUT2D eigenvalue weighted by molar-refractivity contribution is -0.136. The summed E-state index contributed by atoms with van der Waals surface area (Å²) in [5.74, 6) is 0.256. The number of fused-ring (bicyclic) bond motifs is 1. The number of amides is 1. The molecule has 29 heavy (non-hydrogen) atoms. The number of rotatable bonds is 7. The lowest BCUT2D eigenvalue weighted by atomic mass is 10.1. The van der Waals surface area contributed by atoms with Crippen molar-refractivity contribution in [3.8, 4) is 17.2 Å².